The van der Waals surface area contributed by atoms with Gasteiger partial charge in [-0.25, -0.2) is 0 Å². The first-order chi connectivity index (χ1) is 7.50. The molecule has 2 nitrogen and oxygen atoms in total. The van der Waals surface area contributed by atoms with Gasteiger partial charge >= 0.3 is 0 Å². The van der Waals surface area contributed by atoms with Gasteiger partial charge in [0.1, 0.15) is 0 Å². The molecule has 0 aromatic heterocycles. The van der Waals surface area contributed by atoms with E-state index in [-0.39, 0.29) is 0 Å². The van der Waals surface area contributed by atoms with Crippen LogP contribution in [0.1, 0.15) is 47.0 Å². The lowest BCUT2D eigenvalue weighted by molar-refractivity contribution is 0.214. The van der Waals surface area contributed by atoms with Crippen LogP contribution in [0.25, 0.3) is 0 Å². The Morgan fingerprint density at radius 2 is 1.88 bits per heavy atom. The number of nitrogens with one attached hydrogen (secondary N) is 1. The van der Waals surface area contributed by atoms with Crippen molar-refractivity contribution in [3.05, 3.63) is 0 Å². The minimum Gasteiger partial charge on any atom is -0.313 e. The molecule has 1 rings (SSSR count). The molecule has 1 saturated carbocycles. The van der Waals surface area contributed by atoms with Crippen molar-refractivity contribution in [3.8, 4) is 0 Å². The normalized spacial score (nSPS) is 31.3. The number of likely N-dealkylation sites (N-methyl/N-ethyl adjacent to an activating group) is 1. The Morgan fingerprint density at radius 3 is 2.44 bits per heavy atom. The molecule has 96 valence electrons. The highest BCUT2D eigenvalue weighted by Crippen LogP contribution is 2.29. The van der Waals surface area contributed by atoms with Gasteiger partial charge in [-0.15, -0.1) is 0 Å². The molecule has 1 N–H and O–H groups in total. The number of hydrogen-bond donors (Lipinski definition) is 1. The second kappa shape index (κ2) is 6.61. The minimum atomic E-state index is 0.659. The molecule has 0 saturated heterocycles. The van der Waals surface area contributed by atoms with Crippen LogP contribution in [0.15, 0.2) is 0 Å². The average molecular weight is 226 g/mol. The number of hydrogen-bond acceptors (Lipinski definition) is 2. The quantitative estimate of drug-likeness (QED) is 0.775. The molecule has 1 aliphatic rings. The highest BCUT2D eigenvalue weighted by molar-refractivity contribution is 4.79. The zero-order valence-corrected chi connectivity index (χ0v) is 11.8. The maximum Gasteiger partial charge on any atom is 0.0107 e. The maximum atomic E-state index is 3.72. The SMILES string of the molecule is CC1CCC(NCCN(C)C(C)C)CC1C. The Balaban J connectivity index is 2.14. The van der Waals surface area contributed by atoms with Gasteiger partial charge in [-0.2, -0.15) is 0 Å². The first-order valence-electron chi connectivity index (χ1n) is 6.94. The van der Waals surface area contributed by atoms with Crippen LogP contribution < -0.4 is 5.32 Å². The van der Waals surface area contributed by atoms with Gasteiger partial charge in [0.05, 0.1) is 0 Å². The molecule has 0 bridgehead atoms. The highest BCUT2D eigenvalue weighted by Gasteiger charge is 2.23. The zero-order valence-electron chi connectivity index (χ0n) is 11.8. The van der Waals surface area contributed by atoms with Gasteiger partial charge in [0.15, 0.2) is 0 Å². The third-order valence-electron chi connectivity index (χ3n) is 4.38. The minimum absolute atomic E-state index is 0.659. The molecule has 0 heterocycles. The smallest absolute Gasteiger partial charge is 0.0107 e. The molecule has 2 heteroatoms. The zero-order chi connectivity index (χ0) is 12.1. The summed E-state index contributed by atoms with van der Waals surface area (Å²) in [7, 11) is 2.21. The van der Waals surface area contributed by atoms with Crippen molar-refractivity contribution in [3.63, 3.8) is 0 Å². The summed E-state index contributed by atoms with van der Waals surface area (Å²) in [4.78, 5) is 2.40. The van der Waals surface area contributed by atoms with E-state index < -0.39 is 0 Å². The largest absolute Gasteiger partial charge is 0.313 e. The molecule has 3 unspecified atom stereocenters. The Bertz CT molecular complexity index is 191. The predicted octanol–water partition coefficient (Wildman–Crippen LogP) is 2.74. The van der Waals surface area contributed by atoms with Crippen LogP contribution in [-0.4, -0.2) is 37.1 Å². The van der Waals surface area contributed by atoms with Crippen molar-refractivity contribution in [1.82, 2.24) is 10.2 Å². The first kappa shape index (κ1) is 14.0. The fraction of sp³-hybridized carbons (Fsp3) is 1.00. The molecule has 0 aromatic carbocycles. The maximum absolute atomic E-state index is 3.72. The van der Waals surface area contributed by atoms with Crippen LogP contribution in [0, 0.1) is 11.8 Å². The Hall–Kier alpha value is -0.0800. The van der Waals surface area contributed by atoms with Gasteiger partial charge < -0.3 is 10.2 Å². The Labute approximate surface area is 102 Å². The van der Waals surface area contributed by atoms with E-state index in [1.54, 1.807) is 0 Å². The molecule has 1 fully saturated rings. The summed E-state index contributed by atoms with van der Waals surface area (Å²) in [6.07, 6.45) is 4.14. The third kappa shape index (κ3) is 4.42. The third-order valence-corrected chi connectivity index (χ3v) is 4.38. The van der Waals surface area contributed by atoms with Crippen molar-refractivity contribution in [2.24, 2.45) is 11.8 Å². The molecule has 0 aromatic rings. The van der Waals surface area contributed by atoms with Crippen molar-refractivity contribution >= 4 is 0 Å². The monoisotopic (exact) mass is 226 g/mol. The van der Waals surface area contributed by atoms with E-state index in [1.807, 2.05) is 0 Å². The van der Waals surface area contributed by atoms with E-state index in [2.05, 4.69) is 45.0 Å². The summed E-state index contributed by atoms with van der Waals surface area (Å²) in [6, 6.07) is 1.43. The Morgan fingerprint density at radius 1 is 1.19 bits per heavy atom. The average Bonchev–Trinajstić information content (AvgIpc) is 2.23. The van der Waals surface area contributed by atoms with Crippen molar-refractivity contribution < 1.29 is 0 Å². The molecule has 0 spiro atoms. The van der Waals surface area contributed by atoms with Crippen molar-refractivity contribution in [2.75, 3.05) is 20.1 Å². The van der Waals surface area contributed by atoms with Crippen LogP contribution in [0.3, 0.4) is 0 Å². The standard InChI is InChI=1S/C14H30N2/c1-11(2)16(5)9-8-15-14-7-6-12(3)13(4)10-14/h11-15H,6-10H2,1-5H3. The van der Waals surface area contributed by atoms with E-state index in [0.717, 1.165) is 31.0 Å². The summed E-state index contributed by atoms with van der Waals surface area (Å²) >= 11 is 0. The topological polar surface area (TPSA) is 15.3 Å². The lowest BCUT2D eigenvalue weighted by atomic mass is 9.79. The molecule has 0 aliphatic heterocycles. The van der Waals surface area contributed by atoms with Gasteiger partial charge in [0.2, 0.25) is 0 Å². The summed E-state index contributed by atoms with van der Waals surface area (Å²) in [5.41, 5.74) is 0. The van der Waals surface area contributed by atoms with Gasteiger partial charge in [-0.3, -0.25) is 0 Å². The second-order valence-electron chi connectivity index (χ2n) is 5.99. The summed E-state index contributed by atoms with van der Waals surface area (Å²) in [5.74, 6) is 1.82. The van der Waals surface area contributed by atoms with E-state index in [1.165, 1.54) is 19.3 Å². The summed E-state index contributed by atoms with van der Waals surface area (Å²) in [5, 5.41) is 3.72. The molecule has 0 radical (unpaired) electrons. The van der Waals surface area contributed by atoms with E-state index in [4.69, 9.17) is 0 Å². The Kier molecular flexibility index (Phi) is 5.77. The van der Waals surface area contributed by atoms with Crippen molar-refractivity contribution in [1.29, 1.82) is 0 Å². The lowest BCUT2D eigenvalue weighted by Crippen LogP contribution is -2.41. The van der Waals surface area contributed by atoms with E-state index in [0.29, 0.717) is 6.04 Å². The van der Waals surface area contributed by atoms with Gasteiger partial charge in [0.25, 0.3) is 0 Å². The molecule has 0 amide bonds. The summed E-state index contributed by atoms with van der Waals surface area (Å²) < 4.78 is 0. The van der Waals surface area contributed by atoms with Crippen LogP contribution in [0.2, 0.25) is 0 Å². The van der Waals surface area contributed by atoms with Gasteiger partial charge in [-0.1, -0.05) is 13.8 Å². The van der Waals surface area contributed by atoms with E-state index in [9.17, 15) is 0 Å². The number of nitrogens with zero attached hydrogens (tertiary/aromatic N) is 1. The molecular weight excluding hydrogens is 196 g/mol. The van der Waals surface area contributed by atoms with Crippen molar-refractivity contribution in [2.45, 2.75) is 59.0 Å². The van der Waals surface area contributed by atoms with Crippen LogP contribution in [-0.2, 0) is 0 Å². The summed E-state index contributed by atoms with van der Waals surface area (Å²) in [6.45, 7) is 11.6. The van der Waals surface area contributed by atoms with Gasteiger partial charge in [-0.05, 0) is 52.0 Å². The molecule has 16 heavy (non-hydrogen) atoms. The first-order valence-corrected chi connectivity index (χ1v) is 6.94. The molecule has 1 aliphatic carbocycles. The van der Waals surface area contributed by atoms with Crippen LogP contribution >= 0.6 is 0 Å². The second-order valence-corrected chi connectivity index (χ2v) is 5.99. The van der Waals surface area contributed by atoms with Gasteiger partial charge in [0, 0.05) is 25.2 Å². The number of rotatable bonds is 5. The molecular formula is C14H30N2. The lowest BCUT2D eigenvalue weighted by Gasteiger charge is -2.33. The van der Waals surface area contributed by atoms with E-state index >= 15 is 0 Å². The fourth-order valence-corrected chi connectivity index (χ4v) is 2.44. The van der Waals surface area contributed by atoms with Crippen LogP contribution in [0.4, 0.5) is 0 Å². The molecule has 3 atom stereocenters. The predicted molar refractivity (Wildman–Crippen MR) is 71.7 cm³/mol. The fourth-order valence-electron chi connectivity index (χ4n) is 2.44. The van der Waals surface area contributed by atoms with Crippen LogP contribution in [0.5, 0.6) is 0 Å². The highest BCUT2D eigenvalue weighted by atomic mass is 15.1.